The number of halogens is 1. The van der Waals surface area contributed by atoms with Crippen LogP contribution in [0.4, 0.5) is 0 Å². The zero-order valence-electron chi connectivity index (χ0n) is 10.8. The first-order chi connectivity index (χ1) is 10.1. The Morgan fingerprint density at radius 2 is 2.10 bits per heavy atom. The zero-order chi connectivity index (χ0) is 14.8. The van der Waals surface area contributed by atoms with Crippen LogP contribution in [0.1, 0.15) is 11.7 Å². The Morgan fingerprint density at radius 1 is 1.33 bits per heavy atom. The molecule has 0 radical (unpaired) electrons. The molecule has 0 bridgehead atoms. The highest BCUT2D eigenvalue weighted by molar-refractivity contribution is 9.10. The number of hydrogen-bond donors (Lipinski definition) is 1. The molecule has 2 heterocycles. The number of benzene rings is 1. The van der Waals surface area contributed by atoms with Crippen molar-refractivity contribution >= 4 is 27.3 Å². The largest absolute Gasteiger partial charge is 0.437 e. The van der Waals surface area contributed by atoms with Crippen molar-refractivity contribution in [2.75, 3.05) is 0 Å². The summed E-state index contributed by atoms with van der Waals surface area (Å²) in [5.74, 6) is -0.299. The van der Waals surface area contributed by atoms with Gasteiger partial charge in [-0.05, 0) is 29.1 Å². The lowest BCUT2D eigenvalue weighted by Crippen LogP contribution is -2.20. The zero-order valence-corrected chi connectivity index (χ0v) is 13.2. The molecule has 1 aromatic carbocycles. The van der Waals surface area contributed by atoms with E-state index < -0.39 is 11.9 Å². The van der Waals surface area contributed by atoms with E-state index in [9.17, 15) is 9.90 Å². The minimum atomic E-state index is -0.822. The summed E-state index contributed by atoms with van der Waals surface area (Å²) in [5, 5.41) is 16.2. The summed E-state index contributed by atoms with van der Waals surface area (Å²) in [5.41, 5.74) is 0.714. The molecule has 0 fully saturated rings. The first kappa shape index (κ1) is 14.2. The molecule has 5 nitrogen and oxygen atoms in total. The third-order valence-corrected chi connectivity index (χ3v) is 4.33. The van der Waals surface area contributed by atoms with Crippen LogP contribution in [-0.2, 0) is 6.54 Å². The molecule has 3 aromatic rings. The molecule has 0 saturated heterocycles. The lowest BCUT2D eigenvalue weighted by atomic mass is 10.1. The Bertz CT molecular complexity index is 777. The minimum absolute atomic E-state index is 0.0509. The van der Waals surface area contributed by atoms with Crippen LogP contribution in [0.5, 0.6) is 0 Å². The summed E-state index contributed by atoms with van der Waals surface area (Å²) in [4.78, 5) is 12.6. The lowest BCUT2D eigenvalue weighted by molar-refractivity contribution is 0.148. The second kappa shape index (κ2) is 5.97. The lowest BCUT2D eigenvalue weighted by Gasteiger charge is -2.09. The van der Waals surface area contributed by atoms with E-state index in [1.54, 1.807) is 12.1 Å². The first-order valence-electron chi connectivity index (χ1n) is 6.19. The van der Waals surface area contributed by atoms with E-state index in [-0.39, 0.29) is 12.4 Å². The number of nitrogens with zero attached hydrogens (tertiary/aromatic N) is 2. The molecular weight excluding hydrogens is 356 g/mol. The summed E-state index contributed by atoms with van der Waals surface area (Å²) in [6.07, 6.45) is -0.822. The van der Waals surface area contributed by atoms with Gasteiger partial charge in [0, 0.05) is 4.47 Å². The Kier molecular flexibility index (Phi) is 4.05. The van der Waals surface area contributed by atoms with E-state index in [4.69, 9.17) is 4.42 Å². The highest BCUT2D eigenvalue weighted by Gasteiger charge is 2.15. The molecule has 2 aromatic heterocycles. The van der Waals surface area contributed by atoms with Crippen molar-refractivity contribution in [1.29, 1.82) is 0 Å². The molecule has 0 aliphatic rings. The monoisotopic (exact) mass is 366 g/mol. The van der Waals surface area contributed by atoms with Gasteiger partial charge in [0.05, 0.1) is 17.5 Å². The molecule has 0 spiro atoms. The average Bonchev–Trinajstić information content (AvgIpc) is 3.10. The Balaban J connectivity index is 1.82. The summed E-state index contributed by atoms with van der Waals surface area (Å²) in [6, 6.07) is 10.9. The number of hydrogen-bond acceptors (Lipinski definition) is 5. The average molecular weight is 367 g/mol. The first-order valence-corrected chi connectivity index (χ1v) is 7.86. The highest BCUT2D eigenvalue weighted by atomic mass is 79.9. The van der Waals surface area contributed by atoms with Crippen LogP contribution < -0.4 is 5.76 Å². The molecule has 1 atom stereocenters. The number of aliphatic hydroxyl groups is 1. The van der Waals surface area contributed by atoms with Gasteiger partial charge in [-0.1, -0.05) is 34.1 Å². The van der Waals surface area contributed by atoms with Gasteiger partial charge < -0.3 is 9.52 Å². The van der Waals surface area contributed by atoms with Gasteiger partial charge in [0.15, 0.2) is 0 Å². The smallest absolute Gasteiger partial charge is 0.387 e. The molecule has 0 amide bonds. The Hall–Kier alpha value is -1.70. The van der Waals surface area contributed by atoms with Gasteiger partial charge in [-0.3, -0.25) is 0 Å². The van der Waals surface area contributed by atoms with Gasteiger partial charge in [-0.25, -0.2) is 4.79 Å². The Morgan fingerprint density at radius 3 is 2.76 bits per heavy atom. The fraction of sp³-hybridized carbons (Fsp3) is 0.143. The second-order valence-electron chi connectivity index (χ2n) is 4.40. The van der Waals surface area contributed by atoms with Gasteiger partial charge in [0.2, 0.25) is 0 Å². The maximum Gasteiger partial charge on any atom is 0.437 e. The van der Waals surface area contributed by atoms with E-state index in [0.29, 0.717) is 5.56 Å². The predicted octanol–water partition coefficient (Wildman–Crippen LogP) is 3.06. The number of aromatic nitrogens is 2. The van der Waals surface area contributed by atoms with Crippen molar-refractivity contribution in [3.05, 3.63) is 62.4 Å². The van der Waals surface area contributed by atoms with Crippen LogP contribution in [0.25, 0.3) is 10.8 Å². The standard InChI is InChI=1S/C14H11BrN2O3S/c15-10-5-3-9(4-6-10)11(18)8-17-14(19)20-13(16-17)12-2-1-7-21-12/h1-7,11,18H,8H2/t11-/m1/s1. The van der Waals surface area contributed by atoms with Crippen molar-refractivity contribution < 1.29 is 9.52 Å². The SMILES string of the molecule is O=c1oc(-c2cccs2)nn1C[C@@H](O)c1ccc(Br)cc1. The number of rotatable bonds is 4. The van der Waals surface area contributed by atoms with Gasteiger partial charge in [-0.15, -0.1) is 16.4 Å². The summed E-state index contributed by atoms with van der Waals surface area (Å²) in [6.45, 7) is 0.0509. The van der Waals surface area contributed by atoms with E-state index in [0.717, 1.165) is 14.0 Å². The molecule has 0 saturated carbocycles. The molecule has 0 aliphatic heterocycles. The molecule has 21 heavy (non-hydrogen) atoms. The third-order valence-electron chi connectivity index (χ3n) is 2.94. The topological polar surface area (TPSA) is 68.3 Å². The fourth-order valence-corrected chi connectivity index (χ4v) is 2.78. The van der Waals surface area contributed by atoms with Gasteiger partial charge >= 0.3 is 5.76 Å². The maximum absolute atomic E-state index is 11.8. The van der Waals surface area contributed by atoms with E-state index in [1.165, 1.54) is 11.3 Å². The van der Waals surface area contributed by atoms with E-state index in [1.807, 2.05) is 29.6 Å². The quantitative estimate of drug-likeness (QED) is 0.770. The molecule has 3 rings (SSSR count). The molecule has 108 valence electrons. The molecule has 0 unspecified atom stereocenters. The van der Waals surface area contributed by atoms with Crippen molar-refractivity contribution in [2.24, 2.45) is 0 Å². The van der Waals surface area contributed by atoms with Crippen LogP contribution in [0.2, 0.25) is 0 Å². The van der Waals surface area contributed by atoms with Crippen molar-refractivity contribution in [1.82, 2.24) is 9.78 Å². The molecule has 7 heteroatoms. The van der Waals surface area contributed by atoms with Crippen LogP contribution in [-0.4, -0.2) is 14.9 Å². The second-order valence-corrected chi connectivity index (χ2v) is 6.26. The minimum Gasteiger partial charge on any atom is -0.387 e. The molecule has 1 N–H and O–H groups in total. The van der Waals surface area contributed by atoms with Gasteiger partial charge in [0.1, 0.15) is 0 Å². The number of aliphatic hydroxyl groups excluding tert-OH is 1. The summed E-state index contributed by atoms with van der Waals surface area (Å²) < 4.78 is 7.17. The van der Waals surface area contributed by atoms with Crippen molar-refractivity contribution in [3.8, 4) is 10.8 Å². The summed E-state index contributed by atoms with van der Waals surface area (Å²) >= 11 is 4.77. The number of thiophene rings is 1. The third kappa shape index (κ3) is 3.15. The van der Waals surface area contributed by atoms with Crippen LogP contribution in [0.15, 0.2) is 55.5 Å². The normalized spacial score (nSPS) is 12.5. The van der Waals surface area contributed by atoms with Crippen molar-refractivity contribution in [3.63, 3.8) is 0 Å². The predicted molar refractivity (Wildman–Crippen MR) is 83.2 cm³/mol. The summed E-state index contributed by atoms with van der Waals surface area (Å²) in [7, 11) is 0. The van der Waals surface area contributed by atoms with Crippen LogP contribution in [0, 0.1) is 0 Å². The molecule has 0 aliphatic carbocycles. The van der Waals surface area contributed by atoms with E-state index in [2.05, 4.69) is 21.0 Å². The van der Waals surface area contributed by atoms with E-state index >= 15 is 0 Å². The van der Waals surface area contributed by atoms with Gasteiger partial charge in [-0.2, -0.15) is 4.68 Å². The molecular formula is C14H11BrN2O3S. The Labute approximate surface area is 132 Å². The van der Waals surface area contributed by atoms with Gasteiger partial charge in [0.25, 0.3) is 5.89 Å². The highest BCUT2D eigenvalue weighted by Crippen LogP contribution is 2.22. The van der Waals surface area contributed by atoms with Crippen molar-refractivity contribution in [2.45, 2.75) is 12.6 Å². The van der Waals surface area contributed by atoms with Crippen LogP contribution in [0.3, 0.4) is 0 Å². The fourth-order valence-electron chi connectivity index (χ4n) is 1.88. The van der Waals surface area contributed by atoms with Crippen LogP contribution >= 0.6 is 27.3 Å². The maximum atomic E-state index is 11.8.